The van der Waals surface area contributed by atoms with Gasteiger partial charge in [0.1, 0.15) is 23.0 Å². The first-order valence-corrected chi connectivity index (χ1v) is 12.6. The molecule has 3 nitrogen and oxygen atoms in total. The normalized spacial score (nSPS) is 12.4. The Labute approximate surface area is 234 Å². The summed E-state index contributed by atoms with van der Waals surface area (Å²) in [5.74, 6) is -6.27. The van der Waals surface area contributed by atoms with Crippen LogP contribution in [0.1, 0.15) is 29.2 Å². The van der Waals surface area contributed by atoms with Gasteiger partial charge in [-0.05, 0) is 72.1 Å². The Kier molecular flexibility index (Phi) is 7.53. The van der Waals surface area contributed by atoms with Crippen LogP contribution in [0.2, 0.25) is 0 Å². The largest absolute Gasteiger partial charge is 0.508 e. The molecule has 0 aromatic heterocycles. The fraction of sp³-hybridized carbons (Fsp3) is 0.0588. The molecular weight excluding hydrogens is 532 g/mol. The molecule has 0 radical (unpaired) electrons. The maximum atomic E-state index is 14.5. The van der Waals surface area contributed by atoms with Crippen LogP contribution in [0.5, 0.6) is 28.7 Å². The molecule has 0 bridgehead atoms. The molecule has 206 valence electrons. The Morgan fingerprint density at radius 1 is 0.585 bits per heavy atom. The van der Waals surface area contributed by atoms with Crippen LogP contribution in [0.15, 0.2) is 110 Å². The summed E-state index contributed by atoms with van der Waals surface area (Å²) in [7, 11) is 0. The van der Waals surface area contributed by atoms with E-state index in [4.69, 9.17) is 9.47 Å². The third kappa shape index (κ3) is 5.26. The summed E-state index contributed by atoms with van der Waals surface area (Å²) < 4.78 is 68.6. The van der Waals surface area contributed by atoms with Crippen LogP contribution in [-0.2, 0) is 5.41 Å². The molecule has 5 aromatic carbocycles. The van der Waals surface area contributed by atoms with Gasteiger partial charge in [-0.15, -0.1) is 0 Å². The molecular formula is C34H24F4O3. The molecule has 41 heavy (non-hydrogen) atoms. The zero-order valence-electron chi connectivity index (χ0n) is 21.9. The highest BCUT2D eigenvalue weighted by Gasteiger charge is 2.32. The van der Waals surface area contributed by atoms with Crippen LogP contribution in [0, 0.1) is 23.3 Å². The van der Waals surface area contributed by atoms with Crippen LogP contribution in [0.3, 0.4) is 0 Å². The molecule has 0 aliphatic rings. The minimum atomic E-state index is -1.66. The van der Waals surface area contributed by atoms with Crippen LogP contribution >= 0.6 is 0 Å². The Morgan fingerprint density at radius 3 is 1.46 bits per heavy atom. The maximum Gasteiger partial charge on any atom is 0.205 e. The molecule has 0 saturated carbocycles. The third-order valence-corrected chi connectivity index (χ3v) is 6.97. The van der Waals surface area contributed by atoms with Gasteiger partial charge in [0.2, 0.25) is 17.4 Å². The summed E-state index contributed by atoms with van der Waals surface area (Å²) in [5, 5.41) is 9.88. The van der Waals surface area contributed by atoms with Crippen LogP contribution in [-0.4, -0.2) is 5.11 Å². The van der Waals surface area contributed by atoms with Crippen molar-refractivity contribution < 1.29 is 32.1 Å². The Balaban J connectivity index is 1.50. The van der Waals surface area contributed by atoms with Gasteiger partial charge in [0.15, 0.2) is 11.6 Å². The smallest absolute Gasteiger partial charge is 0.205 e. The number of para-hydroxylation sites is 1. The molecule has 0 amide bonds. The highest BCUT2D eigenvalue weighted by Crippen LogP contribution is 2.41. The van der Waals surface area contributed by atoms with Crippen LogP contribution in [0.4, 0.5) is 17.6 Å². The van der Waals surface area contributed by atoms with E-state index in [9.17, 15) is 22.7 Å². The van der Waals surface area contributed by atoms with Crippen LogP contribution < -0.4 is 9.47 Å². The zero-order valence-corrected chi connectivity index (χ0v) is 21.9. The molecule has 1 unspecified atom stereocenters. The van der Waals surface area contributed by atoms with Gasteiger partial charge in [-0.1, -0.05) is 67.3 Å². The van der Waals surface area contributed by atoms with Crippen molar-refractivity contribution in [1.29, 1.82) is 0 Å². The van der Waals surface area contributed by atoms with Crippen molar-refractivity contribution in [3.63, 3.8) is 0 Å². The van der Waals surface area contributed by atoms with Gasteiger partial charge >= 0.3 is 0 Å². The molecule has 0 spiro atoms. The lowest BCUT2D eigenvalue weighted by Crippen LogP contribution is -2.25. The van der Waals surface area contributed by atoms with E-state index in [0.717, 1.165) is 16.7 Å². The standard InChI is InChI=1S/C34H24F4O3/c1-3-28-29(35)31(37)33(32(38)30(28)36)41-27-19-13-23(14-20-27)34(2,21-9-15-24(39)16-10-21)22-11-17-26(18-12-22)40-25-7-5-4-6-8-25/h3-20,39H,1H2,2H3. The molecule has 1 atom stereocenters. The SMILES string of the molecule is C=Cc1c(F)c(F)c(Oc2ccc(C(C)(c3ccc(O)cc3)c3ccc(Oc4ccccc4)cc3)cc2)c(F)c1F. The van der Waals surface area contributed by atoms with Crippen molar-refractivity contribution >= 4 is 6.08 Å². The quantitative estimate of drug-likeness (QED) is 0.118. The van der Waals surface area contributed by atoms with Gasteiger partial charge in [0.25, 0.3) is 0 Å². The molecule has 5 aromatic rings. The molecule has 0 fully saturated rings. The Hall–Kier alpha value is -5.04. The zero-order chi connectivity index (χ0) is 29.1. The van der Waals surface area contributed by atoms with E-state index in [2.05, 4.69) is 6.58 Å². The number of hydrogen-bond donors (Lipinski definition) is 1. The topological polar surface area (TPSA) is 38.7 Å². The third-order valence-electron chi connectivity index (χ3n) is 6.97. The van der Waals surface area contributed by atoms with Gasteiger partial charge in [0.05, 0.1) is 5.56 Å². The number of aromatic hydroxyl groups is 1. The van der Waals surface area contributed by atoms with Crippen LogP contribution in [0.25, 0.3) is 6.08 Å². The number of halogens is 4. The first-order valence-electron chi connectivity index (χ1n) is 12.6. The van der Waals surface area contributed by atoms with E-state index in [1.54, 1.807) is 36.4 Å². The average Bonchev–Trinajstić information content (AvgIpc) is 3.00. The van der Waals surface area contributed by atoms with Gasteiger partial charge in [0, 0.05) is 5.41 Å². The molecule has 0 heterocycles. The number of hydrogen-bond acceptors (Lipinski definition) is 3. The maximum absolute atomic E-state index is 14.5. The second-order valence-electron chi connectivity index (χ2n) is 9.44. The summed E-state index contributed by atoms with van der Waals surface area (Å²) in [6, 6.07) is 30.0. The fourth-order valence-corrected chi connectivity index (χ4v) is 4.65. The predicted octanol–water partition coefficient (Wildman–Crippen LogP) is 9.53. The number of benzene rings is 5. The second-order valence-corrected chi connectivity index (χ2v) is 9.44. The molecule has 0 aliphatic heterocycles. The lowest BCUT2D eigenvalue weighted by atomic mass is 9.71. The van der Waals surface area contributed by atoms with E-state index in [0.29, 0.717) is 17.6 Å². The summed E-state index contributed by atoms with van der Waals surface area (Å²) in [6.45, 7) is 5.17. The summed E-state index contributed by atoms with van der Waals surface area (Å²) in [6.07, 6.45) is 0.694. The van der Waals surface area contributed by atoms with E-state index in [1.807, 2.05) is 61.5 Å². The second kappa shape index (κ2) is 11.2. The van der Waals surface area contributed by atoms with Gasteiger partial charge in [-0.3, -0.25) is 0 Å². The van der Waals surface area contributed by atoms with E-state index >= 15 is 0 Å². The van der Waals surface area contributed by atoms with Crippen molar-refractivity contribution in [2.45, 2.75) is 12.3 Å². The number of rotatable bonds is 8. The van der Waals surface area contributed by atoms with Crippen molar-refractivity contribution in [2.75, 3.05) is 0 Å². The average molecular weight is 557 g/mol. The van der Waals surface area contributed by atoms with Crippen molar-refractivity contribution in [2.24, 2.45) is 0 Å². The fourth-order valence-electron chi connectivity index (χ4n) is 4.65. The molecule has 1 N–H and O–H groups in total. The number of ether oxygens (including phenoxy) is 2. The van der Waals surface area contributed by atoms with Crippen molar-refractivity contribution in [3.8, 4) is 28.7 Å². The highest BCUT2D eigenvalue weighted by atomic mass is 19.2. The lowest BCUT2D eigenvalue weighted by Gasteiger charge is -2.32. The molecule has 0 aliphatic carbocycles. The lowest BCUT2D eigenvalue weighted by molar-refractivity contribution is 0.365. The monoisotopic (exact) mass is 556 g/mol. The highest BCUT2D eigenvalue weighted by molar-refractivity contribution is 5.54. The number of phenolic OH excluding ortho intramolecular Hbond substituents is 1. The van der Waals surface area contributed by atoms with Crippen molar-refractivity contribution in [1.82, 2.24) is 0 Å². The molecule has 7 heteroatoms. The molecule has 5 rings (SSSR count). The summed E-state index contributed by atoms with van der Waals surface area (Å²) in [4.78, 5) is 0. The minimum Gasteiger partial charge on any atom is -0.508 e. The van der Waals surface area contributed by atoms with Gasteiger partial charge in [-0.2, -0.15) is 8.78 Å². The Bertz CT molecular complexity index is 1660. The number of phenols is 1. The summed E-state index contributed by atoms with van der Waals surface area (Å²) in [5.41, 5.74) is 0.846. The van der Waals surface area contributed by atoms with E-state index < -0.39 is 40.0 Å². The minimum absolute atomic E-state index is 0.0311. The first-order chi connectivity index (χ1) is 19.7. The molecule has 0 saturated heterocycles. The van der Waals surface area contributed by atoms with E-state index in [-0.39, 0.29) is 11.5 Å². The summed E-state index contributed by atoms with van der Waals surface area (Å²) >= 11 is 0. The first kappa shape index (κ1) is 27.5. The van der Waals surface area contributed by atoms with Gasteiger partial charge in [-0.25, -0.2) is 8.78 Å². The van der Waals surface area contributed by atoms with Crippen molar-refractivity contribution in [3.05, 3.63) is 155 Å². The van der Waals surface area contributed by atoms with Gasteiger partial charge < -0.3 is 14.6 Å². The van der Waals surface area contributed by atoms with E-state index in [1.165, 1.54) is 12.1 Å². The Morgan fingerprint density at radius 2 is 1.00 bits per heavy atom. The predicted molar refractivity (Wildman–Crippen MR) is 150 cm³/mol.